The van der Waals surface area contributed by atoms with Crippen LogP contribution < -0.4 is 0 Å². The van der Waals surface area contributed by atoms with Gasteiger partial charge < -0.3 is 4.74 Å². The molecule has 1 heterocycles. The molecule has 12 heavy (non-hydrogen) atoms. The second-order valence-electron chi connectivity index (χ2n) is 3.99. The molecule has 0 N–H and O–H groups in total. The number of fused-ring (bicyclic) bond motifs is 1. The van der Waals surface area contributed by atoms with Gasteiger partial charge in [0.1, 0.15) is 6.10 Å². The molecule has 66 valence electrons. The van der Waals surface area contributed by atoms with Crippen LogP contribution in [0.3, 0.4) is 0 Å². The third kappa shape index (κ3) is 1.06. The van der Waals surface area contributed by atoms with E-state index in [2.05, 4.69) is 13.5 Å². The molecule has 0 bridgehead atoms. The molecule has 0 aromatic heterocycles. The van der Waals surface area contributed by atoms with Crippen LogP contribution in [-0.4, -0.2) is 12.1 Å². The molecule has 2 heteroatoms. The molecule has 0 radical (unpaired) electrons. The van der Waals surface area contributed by atoms with Gasteiger partial charge in [0.25, 0.3) is 0 Å². The molecule has 1 aliphatic carbocycles. The van der Waals surface area contributed by atoms with Gasteiger partial charge in [0.15, 0.2) is 0 Å². The molecule has 2 unspecified atom stereocenters. The van der Waals surface area contributed by atoms with Crippen LogP contribution >= 0.6 is 0 Å². The van der Waals surface area contributed by atoms with E-state index in [0.29, 0.717) is 17.4 Å². The Morgan fingerprint density at radius 3 is 3.00 bits per heavy atom. The van der Waals surface area contributed by atoms with E-state index in [0.717, 1.165) is 12.8 Å². The van der Waals surface area contributed by atoms with Gasteiger partial charge in [0, 0.05) is 11.5 Å². The lowest BCUT2D eigenvalue weighted by Crippen LogP contribution is -2.25. The van der Waals surface area contributed by atoms with Gasteiger partial charge in [-0.25, -0.2) is 4.79 Å². The molecule has 0 spiro atoms. The van der Waals surface area contributed by atoms with Gasteiger partial charge in [-0.2, -0.15) is 0 Å². The fourth-order valence-electron chi connectivity index (χ4n) is 2.22. The number of ether oxygens (including phenoxy) is 1. The lowest BCUT2D eigenvalue weighted by molar-refractivity contribution is -0.140. The van der Waals surface area contributed by atoms with E-state index in [-0.39, 0.29) is 12.1 Å². The Morgan fingerprint density at radius 2 is 2.25 bits per heavy atom. The average molecular weight is 166 g/mol. The highest BCUT2D eigenvalue weighted by atomic mass is 16.6. The first kappa shape index (κ1) is 7.84. The SMILES string of the molecule is C=C1C(=O)OC2C[C@H](C)CCC12. The highest BCUT2D eigenvalue weighted by molar-refractivity contribution is 5.90. The van der Waals surface area contributed by atoms with Crippen molar-refractivity contribution in [2.24, 2.45) is 11.8 Å². The molecule has 1 saturated carbocycles. The molecular weight excluding hydrogens is 152 g/mol. The van der Waals surface area contributed by atoms with Crippen molar-refractivity contribution >= 4 is 5.97 Å². The minimum atomic E-state index is -0.167. The highest BCUT2D eigenvalue weighted by Crippen LogP contribution is 2.39. The fourth-order valence-corrected chi connectivity index (χ4v) is 2.22. The van der Waals surface area contributed by atoms with Crippen LogP contribution in [0.2, 0.25) is 0 Å². The van der Waals surface area contributed by atoms with E-state index < -0.39 is 0 Å². The van der Waals surface area contributed by atoms with Gasteiger partial charge in [-0.05, 0) is 25.2 Å². The maximum atomic E-state index is 11.1. The average Bonchev–Trinajstić information content (AvgIpc) is 2.28. The van der Waals surface area contributed by atoms with Gasteiger partial charge in [0.05, 0.1) is 0 Å². The van der Waals surface area contributed by atoms with Crippen molar-refractivity contribution in [1.82, 2.24) is 0 Å². The summed E-state index contributed by atoms with van der Waals surface area (Å²) in [5, 5.41) is 0. The number of hydrogen-bond donors (Lipinski definition) is 0. The Morgan fingerprint density at radius 1 is 1.50 bits per heavy atom. The van der Waals surface area contributed by atoms with Gasteiger partial charge in [-0.3, -0.25) is 0 Å². The monoisotopic (exact) mass is 166 g/mol. The van der Waals surface area contributed by atoms with Crippen LogP contribution in [0.25, 0.3) is 0 Å². The summed E-state index contributed by atoms with van der Waals surface area (Å²) in [6.07, 6.45) is 3.46. The van der Waals surface area contributed by atoms with Crippen molar-refractivity contribution in [1.29, 1.82) is 0 Å². The zero-order valence-electron chi connectivity index (χ0n) is 7.38. The first-order valence-electron chi connectivity index (χ1n) is 4.58. The maximum absolute atomic E-state index is 11.1. The molecule has 2 fully saturated rings. The number of esters is 1. The summed E-state index contributed by atoms with van der Waals surface area (Å²) in [6.45, 7) is 5.98. The topological polar surface area (TPSA) is 26.3 Å². The Bertz CT molecular complexity index is 232. The normalized spacial score (nSPS) is 40.9. The Hall–Kier alpha value is -0.790. The summed E-state index contributed by atoms with van der Waals surface area (Å²) in [4.78, 5) is 11.1. The molecule has 1 aliphatic heterocycles. The number of carbonyl (C=O) groups excluding carboxylic acids is 1. The third-order valence-electron chi connectivity index (χ3n) is 3.02. The van der Waals surface area contributed by atoms with E-state index in [1.807, 2.05) is 0 Å². The van der Waals surface area contributed by atoms with Crippen LogP contribution in [0.15, 0.2) is 12.2 Å². The van der Waals surface area contributed by atoms with Crippen LogP contribution in [0.4, 0.5) is 0 Å². The first-order valence-corrected chi connectivity index (χ1v) is 4.58. The zero-order chi connectivity index (χ0) is 8.72. The van der Waals surface area contributed by atoms with Gasteiger partial charge in [-0.1, -0.05) is 13.5 Å². The predicted molar refractivity (Wildman–Crippen MR) is 45.5 cm³/mol. The Kier molecular flexibility index (Phi) is 1.71. The second kappa shape index (κ2) is 2.61. The lowest BCUT2D eigenvalue weighted by Gasteiger charge is -2.27. The number of hydrogen-bond acceptors (Lipinski definition) is 2. The molecule has 0 amide bonds. The van der Waals surface area contributed by atoms with Crippen molar-refractivity contribution in [2.75, 3.05) is 0 Å². The van der Waals surface area contributed by atoms with Crippen molar-refractivity contribution in [3.8, 4) is 0 Å². The van der Waals surface area contributed by atoms with Gasteiger partial charge >= 0.3 is 5.97 Å². The quantitative estimate of drug-likeness (QED) is 0.406. The van der Waals surface area contributed by atoms with E-state index >= 15 is 0 Å². The smallest absolute Gasteiger partial charge is 0.334 e. The van der Waals surface area contributed by atoms with Crippen molar-refractivity contribution in [3.63, 3.8) is 0 Å². The standard InChI is InChI=1S/C10H14O2/c1-6-3-4-8-7(2)10(11)12-9(8)5-6/h6,8-9H,2-5H2,1H3/t6-,8?,9?/m1/s1. The van der Waals surface area contributed by atoms with Gasteiger partial charge in [0.2, 0.25) is 0 Å². The summed E-state index contributed by atoms with van der Waals surface area (Å²) < 4.78 is 5.21. The van der Waals surface area contributed by atoms with E-state index in [4.69, 9.17) is 4.74 Å². The Labute approximate surface area is 72.6 Å². The summed E-state index contributed by atoms with van der Waals surface area (Å²) in [5.74, 6) is 0.859. The highest BCUT2D eigenvalue weighted by Gasteiger charge is 2.41. The fraction of sp³-hybridized carbons (Fsp3) is 0.700. The zero-order valence-corrected chi connectivity index (χ0v) is 7.38. The molecule has 2 nitrogen and oxygen atoms in total. The molecule has 0 aromatic carbocycles. The molecule has 1 saturated heterocycles. The summed E-state index contributed by atoms with van der Waals surface area (Å²) in [6, 6.07) is 0. The summed E-state index contributed by atoms with van der Waals surface area (Å²) in [5.41, 5.74) is 0.701. The van der Waals surface area contributed by atoms with Crippen LogP contribution in [0, 0.1) is 11.8 Å². The second-order valence-corrected chi connectivity index (χ2v) is 3.99. The predicted octanol–water partition coefficient (Wildman–Crippen LogP) is 1.90. The minimum absolute atomic E-state index is 0.147. The number of carbonyl (C=O) groups is 1. The Balaban J connectivity index is 2.14. The lowest BCUT2D eigenvalue weighted by atomic mass is 9.79. The van der Waals surface area contributed by atoms with Crippen LogP contribution in [0.5, 0.6) is 0 Å². The number of rotatable bonds is 0. The van der Waals surface area contributed by atoms with Crippen molar-refractivity contribution in [2.45, 2.75) is 32.3 Å². The third-order valence-corrected chi connectivity index (χ3v) is 3.02. The van der Waals surface area contributed by atoms with Crippen LogP contribution in [0.1, 0.15) is 26.2 Å². The van der Waals surface area contributed by atoms with Crippen molar-refractivity contribution in [3.05, 3.63) is 12.2 Å². The van der Waals surface area contributed by atoms with E-state index in [1.54, 1.807) is 0 Å². The van der Waals surface area contributed by atoms with E-state index in [9.17, 15) is 4.79 Å². The molecule has 3 atom stereocenters. The largest absolute Gasteiger partial charge is 0.458 e. The van der Waals surface area contributed by atoms with E-state index in [1.165, 1.54) is 6.42 Å². The first-order chi connectivity index (χ1) is 5.68. The molecule has 2 rings (SSSR count). The maximum Gasteiger partial charge on any atom is 0.334 e. The molecule has 2 aliphatic rings. The summed E-state index contributed by atoms with van der Waals surface area (Å²) in [7, 11) is 0. The van der Waals surface area contributed by atoms with Gasteiger partial charge in [-0.15, -0.1) is 0 Å². The summed E-state index contributed by atoms with van der Waals surface area (Å²) >= 11 is 0. The van der Waals surface area contributed by atoms with Crippen LogP contribution in [-0.2, 0) is 9.53 Å². The molecular formula is C10H14O2. The molecule has 0 aromatic rings. The van der Waals surface area contributed by atoms with Crippen molar-refractivity contribution < 1.29 is 9.53 Å². The minimum Gasteiger partial charge on any atom is -0.458 e.